The number of hydrogen-bond donors (Lipinski definition) is 2. The predicted octanol–water partition coefficient (Wildman–Crippen LogP) is 3.73. The second-order valence-electron chi connectivity index (χ2n) is 5.81. The van der Waals surface area contributed by atoms with Gasteiger partial charge >= 0.3 is 5.97 Å². The first-order valence-electron chi connectivity index (χ1n) is 8.60. The van der Waals surface area contributed by atoms with Gasteiger partial charge in [0.25, 0.3) is 11.8 Å². The average Bonchev–Trinajstić information content (AvgIpc) is 3.24. The number of nitrogens with one attached hydrogen (secondary N) is 2. The summed E-state index contributed by atoms with van der Waals surface area (Å²) >= 11 is 1.33. The van der Waals surface area contributed by atoms with E-state index < -0.39 is 5.97 Å². The Morgan fingerprint density at radius 2 is 1.71 bits per heavy atom. The third kappa shape index (κ3) is 5.52. The number of anilines is 1. The minimum Gasteiger partial charge on any atom is -0.426 e. The summed E-state index contributed by atoms with van der Waals surface area (Å²) in [6.45, 7) is 0.170. The summed E-state index contributed by atoms with van der Waals surface area (Å²) in [4.78, 5) is 36.7. The number of esters is 1. The standard InChI is InChI=1S/C21H18N2O4S/c24-19(11-12-22-21(26)18-10-5-13-28-18)27-17-9-4-6-15(14-17)20(25)23-16-7-2-1-3-8-16/h1-10,13-14H,11-12H2,(H,22,26)(H,23,25). The molecule has 1 heterocycles. The van der Waals surface area contributed by atoms with Crippen LogP contribution in [0.3, 0.4) is 0 Å². The normalized spacial score (nSPS) is 10.1. The lowest BCUT2D eigenvalue weighted by Crippen LogP contribution is -2.26. The van der Waals surface area contributed by atoms with Gasteiger partial charge in [0, 0.05) is 17.8 Å². The monoisotopic (exact) mass is 394 g/mol. The third-order valence-corrected chi connectivity index (χ3v) is 4.59. The Balaban J connectivity index is 1.50. The van der Waals surface area contributed by atoms with Crippen LogP contribution in [0.4, 0.5) is 5.69 Å². The van der Waals surface area contributed by atoms with Crippen molar-refractivity contribution in [1.82, 2.24) is 5.32 Å². The molecule has 6 nitrogen and oxygen atoms in total. The Kier molecular flexibility index (Phi) is 6.54. The van der Waals surface area contributed by atoms with E-state index in [0.29, 0.717) is 16.1 Å². The lowest BCUT2D eigenvalue weighted by Gasteiger charge is -2.08. The summed E-state index contributed by atoms with van der Waals surface area (Å²) in [5.41, 5.74) is 1.05. The van der Waals surface area contributed by atoms with Gasteiger partial charge in [0.1, 0.15) is 5.75 Å². The molecule has 2 aromatic carbocycles. The molecule has 0 aliphatic rings. The number of hydrogen-bond acceptors (Lipinski definition) is 5. The maximum atomic E-state index is 12.3. The Morgan fingerprint density at radius 1 is 0.893 bits per heavy atom. The second-order valence-corrected chi connectivity index (χ2v) is 6.75. The van der Waals surface area contributed by atoms with Gasteiger partial charge in [0.2, 0.25) is 0 Å². The Bertz CT molecular complexity index is 956. The lowest BCUT2D eigenvalue weighted by molar-refractivity contribution is -0.134. The molecule has 0 saturated heterocycles. The molecule has 0 spiro atoms. The fourth-order valence-corrected chi connectivity index (χ4v) is 3.02. The van der Waals surface area contributed by atoms with E-state index in [1.54, 1.807) is 42.5 Å². The summed E-state index contributed by atoms with van der Waals surface area (Å²) in [5, 5.41) is 7.25. The molecule has 0 bridgehead atoms. The van der Waals surface area contributed by atoms with E-state index in [-0.39, 0.29) is 30.5 Å². The summed E-state index contributed by atoms with van der Waals surface area (Å²) in [6, 6.07) is 19.0. The molecule has 1 aromatic heterocycles. The van der Waals surface area contributed by atoms with Crippen LogP contribution in [0, 0.1) is 0 Å². The van der Waals surface area contributed by atoms with Crippen molar-refractivity contribution >= 4 is 34.8 Å². The molecule has 2 N–H and O–H groups in total. The molecule has 0 aliphatic heterocycles. The molecule has 0 aliphatic carbocycles. The SMILES string of the molecule is O=C(CCNC(=O)c1cccs1)Oc1cccc(C(=O)Nc2ccccc2)c1. The van der Waals surface area contributed by atoms with E-state index in [0.717, 1.165) is 0 Å². The van der Waals surface area contributed by atoms with Gasteiger partial charge in [-0.25, -0.2) is 0 Å². The van der Waals surface area contributed by atoms with Crippen LogP contribution in [-0.4, -0.2) is 24.3 Å². The molecule has 7 heteroatoms. The van der Waals surface area contributed by atoms with Crippen molar-refractivity contribution in [2.75, 3.05) is 11.9 Å². The average molecular weight is 394 g/mol. The van der Waals surface area contributed by atoms with Crippen LogP contribution in [0.2, 0.25) is 0 Å². The first-order valence-corrected chi connectivity index (χ1v) is 9.48. The molecule has 3 rings (SSSR count). The predicted molar refractivity (Wildman–Crippen MR) is 108 cm³/mol. The summed E-state index contributed by atoms with van der Waals surface area (Å²) in [5.74, 6) is -0.739. The molecule has 142 valence electrons. The quantitative estimate of drug-likeness (QED) is 0.472. The van der Waals surface area contributed by atoms with Crippen LogP contribution in [0.25, 0.3) is 0 Å². The second kappa shape index (κ2) is 9.48. The highest BCUT2D eigenvalue weighted by atomic mass is 32.1. The molecule has 0 radical (unpaired) electrons. The number of thiophene rings is 1. The summed E-state index contributed by atoms with van der Waals surface area (Å²) in [7, 11) is 0. The van der Waals surface area contributed by atoms with Crippen LogP contribution in [-0.2, 0) is 4.79 Å². The van der Waals surface area contributed by atoms with Gasteiger partial charge < -0.3 is 15.4 Å². The van der Waals surface area contributed by atoms with Crippen molar-refractivity contribution in [2.24, 2.45) is 0 Å². The number of carbonyl (C=O) groups excluding carboxylic acids is 3. The van der Waals surface area contributed by atoms with Crippen molar-refractivity contribution in [2.45, 2.75) is 6.42 Å². The molecule has 3 aromatic rings. The number of ether oxygens (including phenoxy) is 1. The molecular formula is C21H18N2O4S. The summed E-state index contributed by atoms with van der Waals surface area (Å²) < 4.78 is 5.26. The van der Waals surface area contributed by atoms with Gasteiger partial charge in [-0.2, -0.15) is 0 Å². The van der Waals surface area contributed by atoms with Crippen LogP contribution in [0.5, 0.6) is 5.75 Å². The minimum atomic E-state index is -0.493. The number of para-hydroxylation sites is 1. The smallest absolute Gasteiger partial charge is 0.312 e. The van der Waals surface area contributed by atoms with E-state index in [1.807, 2.05) is 23.6 Å². The zero-order valence-electron chi connectivity index (χ0n) is 14.9. The van der Waals surface area contributed by atoms with Crippen LogP contribution >= 0.6 is 11.3 Å². The van der Waals surface area contributed by atoms with Gasteiger partial charge in [-0.1, -0.05) is 30.3 Å². The number of carbonyl (C=O) groups is 3. The van der Waals surface area contributed by atoms with Gasteiger partial charge in [-0.15, -0.1) is 11.3 Å². The van der Waals surface area contributed by atoms with Crippen LogP contribution in [0.15, 0.2) is 72.1 Å². The van der Waals surface area contributed by atoms with E-state index >= 15 is 0 Å². The molecule has 28 heavy (non-hydrogen) atoms. The fourth-order valence-electron chi connectivity index (χ4n) is 2.38. The molecule has 0 atom stereocenters. The van der Waals surface area contributed by atoms with Gasteiger partial charge in [0.15, 0.2) is 0 Å². The molecule has 2 amide bonds. The number of benzene rings is 2. The highest BCUT2D eigenvalue weighted by molar-refractivity contribution is 7.12. The zero-order valence-corrected chi connectivity index (χ0v) is 15.7. The van der Waals surface area contributed by atoms with Gasteiger partial charge in [-0.05, 0) is 41.8 Å². The van der Waals surface area contributed by atoms with Crippen molar-refractivity contribution in [1.29, 1.82) is 0 Å². The summed E-state index contributed by atoms with van der Waals surface area (Å²) in [6.07, 6.45) is 0.0254. The zero-order chi connectivity index (χ0) is 19.8. The Morgan fingerprint density at radius 3 is 2.46 bits per heavy atom. The van der Waals surface area contributed by atoms with Crippen molar-refractivity contribution in [3.63, 3.8) is 0 Å². The molecule has 0 fully saturated rings. The molecule has 0 saturated carbocycles. The van der Waals surface area contributed by atoms with Crippen molar-refractivity contribution in [3.8, 4) is 5.75 Å². The van der Waals surface area contributed by atoms with Crippen molar-refractivity contribution in [3.05, 3.63) is 82.6 Å². The van der Waals surface area contributed by atoms with Crippen LogP contribution < -0.4 is 15.4 Å². The van der Waals surface area contributed by atoms with Gasteiger partial charge in [0.05, 0.1) is 11.3 Å². The maximum Gasteiger partial charge on any atom is 0.312 e. The van der Waals surface area contributed by atoms with E-state index in [1.165, 1.54) is 17.4 Å². The highest BCUT2D eigenvalue weighted by Gasteiger charge is 2.11. The maximum absolute atomic E-state index is 12.3. The molecular weight excluding hydrogens is 376 g/mol. The van der Waals surface area contributed by atoms with E-state index in [2.05, 4.69) is 10.6 Å². The fraction of sp³-hybridized carbons (Fsp3) is 0.0952. The molecule has 0 unspecified atom stereocenters. The number of amides is 2. The lowest BCUT2D eigenvalue weighted by atomic mass is 10.2. The first kappa shape index (κ1) is 19.3. The largest absolute Gasteiger partial charge is 0.426 e. The van der Waals surface area contributed by atoms with Gasteiger partial charge in [-0.3, -0.25) is 14.4 Å². The first-order chi connectivity index (χ1) is 13.6. The highest BCUT2D eigenvalue weighted by Crippen LogP contribution is 2.16. The number of rotatable bonds is 7. The minimum absolute atomic E-state index is 0.0254. The van der Waals surface area contributed by atoms with Crippen LogP contribution in [0.1, 0.15) is 26.5 Å². The Labute approximate surface area is 166 Å². The van der Waals surface area contributed by atoms with E-state index in [4.69, 9.17) is 4.74 Å². The Hall–Kier alpha value is -3.45. The topological polar surface area (TPSA) is 84.5 Å². The third-order valence-electron chi connectivity index (χ3n) is 3.72. The van der Waals surface area contributed by atoms with Crippen molar-refractivity contribution < 1.29 is 19.1 Å². The van der Waals surface area contributed by atoms with E-state index in [9.17, 15) is 14.4 Å².